The molecule has 118 valence electrons. The normalized spacial score (nSPS) is 14.2. The van der Waals surface area contributed by atoms with Crippen molar-refractivity contribution in [2.75, 3.05) is 11.9 Å². The van der Waals surface area contributed by atoms with Crippen molar-refractivity contribution in [3.63, 3.8) is 0 Å². The number of hydrogen-bond acceptors (Lipinski definition) is 3. The molecule has 3 aromatic rings. The Balaban J connectivity index is 1.91. The Morgan fingerprint density at radius 2 is 2.04 bits per heavy atom. The standard InChI is InChI=1S/C19H21N3S/c1-13-8-9-15(12-14(13)2)22-19-16(6-3-4-10-20-19)18(21-22)17-7-5-11-23-17/h5,7-9,11-12,20H,3-4,6,10H2,1-2H3. The van der Waals surface area contributed by atoms with Gasteiger partial charge in [0.15, 0.2) is 0 Å². The second-order valence-corrected chi connectivity index (χ2v) is 7.17. The van der Waals surface area contributed by atoms with Gasteiger partial charge in [0, 0.05) is 12.1 Å². The van der Waals surface area contributed by atoms with Crippen molar-refractivity contribution in [1.82, 2.24) is 9.78 Å². The number of nitrogens with one attached hydrogen (secondary N) is 1. The number of benzene rings is 1. The van der Waals surface area contributed by atoms with Crippen LogP contribution in [0.2, 0.25) is 0 Å². The fourth-order valence-electron chi connectivity index (χ4n) is 3.16. The molecule has 3 nitrogen and oxygen atoms in total. The van der Waals surface area contributed by atoms with E-state index in [1.54, 1.807) is 11.3 Å². The molecule has 2 aromatic heterocycles. The minimum Gasteiger partial charge on any atom is -0.370 e. The molecule has 4 heteroatoms. The van der Waals surface area contributed by atoms with E-state index in [0.717, 1.165) is 24.3 Å². The summed E-state index contributed by atoms with van der Waals surface area (Å²) in [7, 11) is 0. The minimum atomic E-state index is 1.02. The van der Waals surface area contributed by atoms with Crippen LogP contribution in [0.4, 0.5) is 5.82 Å². The molecule has 0 unspecified atom stereocenters. The van der Waals surface area contributed by atoms with Gasteiger partial charge in [0.25, 0.3) is 0 Å². The first-order chi connectivity index (χ1) is 11.2. The van der Waals surface area contributed by atoms with Crippen molar-refractivity contribution in [3.05, 3.63) is 52.4 Å². The van der Waals surface area contributed by atoms with Gasteiger partial charge < -0.3 is 5.32 Å². The molecule has 4 rings (SSSR count). The van der Waals surface area contributed by atoms with Crippen LogP contribution in [-0.2, 0) is 6.42 Å². The number of rotatable bonds is 2. The Labute approximate surface area is 141 Å². The van der Waals surface area contributed by atoms with E-state index in [0.29, 0.717) is 0 Å². The molecule has 0 saturated heterocycles. The van der Waals surface area contributed by atoms with Crippen molar-refractivity contribution in [2.24, 2.45) is 0 Å². The first kappa shape index (κ1) is 14.5. The van der Waals surface area contributed by atoms with Crippen LogP contribution in [-0.4, -0.2) is 16.3 Å². The lowest BCUT2D eigenvalue weighted by Crippen LogP contribution is -2.07. The Morgan fingerprint density at radius 3 is 2.83 bits per heavy atom. The zero-order valence-corrected chi connectivity index (χ0v) is 14.4. The third-order valence-corrected chi connectivity index (χ3v) is 5.50. The summed E-state index contributed by atoms with van der Waals surface area (Å²) in [5.74, 6) is 1.18. The first-order valence-corrected chi connectivity index (χ1v) is 9.09. The van der Waals surface area contributed by atoms with Crippen LogP contribution in [0.25, 0.3) is 16.3 Å². The van der Waals surface area contributed by atoms with E-state index in [1.807, 2.05) is 0 Å². The Hall–Kier alpha value is -2.07. The number of hydrogen-bond donors (Lipinski definition) is 1. The van der Waals surface area contributed by atoms with Crippen molar-refractivity contribution in [1.29, 1.82) is 0 Å². The second kappa shape index (κ2) is 5.85. The minimum absolute atomic E-state index is 1.02. The number of fused-ring (bicyclic) bond motifs is 1. The molecular weight excluding hydrogens is 302 g/mol. The largest absolute Gasteiger partial charge is 0.370 e. The number of anilines is 1. The molecule has 0 atom stereocenters. The van der Waals surface area contributed by atoms with E-state index in [1.165, 1.54) is 40.2 Å². The van der Waals surface area contributed by atoms with Crippen LogP contribution in [0.15, 0.2) is 35.7 Å². The first-order valence-electron chi connectivity index (χ1n) is 8.21. The number of nitrogens with zero attached hydrogens (tertiary/aromatic N) is 2. The highest BCUT2D eigenvalue weighted by Crippen LogP contribution is 2.36. The average Bonchev–Trinajstić information content (AvgIpc) is 3.12. The van der Waals surface area contributed by atoms with Gasteiger partial charge in [0.1, 0.15) is 11.5 Å². The monoisotopic (exact) mass is 323 g/mol. The lowest BCUT2D eigenvalue weighted by Gasteiger charge is -2.10. The molecule has 0 saturated carbocycles. The summed E-state index contributed by atoms with van der Waals surface area (Å²) < 4.78 is 2.10. The Morgan fingerprint density at radius 1 is 1.13 bits per heavy atom. The quantitative estimate of drug-likeness (QED) is 0.722. The van der Waals surface area contributed by atoms with E-state index >= 15 is 0 Å². The van der Waals surface area contributed by atoms with E-state index in [-0.39, 0.29) is 0 Å². The fraction of sp³-hybridized carbons (Fsp3) is 0.316. The van der Waals surface area contributed by atoms with Gasteiger partial charge in [-0.05, 0) is 67.8 Å². The molecule has 3 heterocycles. The van der Waals surface area contributed by atoms with Gasteiger partial charge in [-0.3, -0.25) is 0 Å². The van der Waals surface area contributed by atoms with E-state index in [4.69, 9.17) is 5.10 Å². The van der Waals surface area contributed by atoms with Crippen molar-refractivity contribution < 1.29 is 0 Å². The predicted molar refractivity (Wildman–Crippen MR) is 97.8 cm³/mol. The average molecular weight is 323 g/mol. The molecule has 1 aliphatic heterocycles. The molecule has 0 bridgehead atoms. The summed E-state index contributed by atoms with van der Waals surface area (Å²) in [6.07, 6.45) is 3.53. The predicted octanol–water partition coefficient (Wildman–Crippen LogP) is 4.97. The molecule has 0 fully saturated rings. The molecule has 0 aliphatic carbocycles. The van der Waals surface area contributed by atoms with Gasteiger partial charge in [0.2, 0.25) is 0 Å². The zero-order chi connectivity index (χ0) is 15.8. The molecule has 0 amide bonds. The number of thiophene rings is 1. The molecular formula is C19H21N3S. The van der Waals surface area contributed by atoms with Gasteiger partial charge in [-0.1, -0.05) is 12.1 Å². The summed E-state index contributed by atoms with van der Waals surface area (Å²) in [5, 5.41) is 10.7. The summed E-state index contributed by atoms with van der Waals surface area (Å²) in [5.41, 5.74) is 6.27. The van der Waals surface area contributed by atoms with Gasteiger partial charge in [0.05, 0.1) is 10.6 Å². The molecule has 1 N–H and O–H groups in total. The highest BCUT2D eigenvalue weighted by molar-refractivity contribution is 7.13. The highest BCUT2D eigenvalue weighted by Gasteiger charge is 2.22. The van der Waals surface area contributed by atoms with Crippen LogP contribution in [0.3, 0.4) is 0 Å². The number of aromatic nitrogens is 2. The lowest BCUT2D eigenvalue weighted by atomic mass is 10.1. The Bertz CT molecular complexity index is 831. The van der Waals surface area contributed by atoms with Gasteiger partial charge >= 0.3 is 0 Å². The molecule has 1 aromatic carbocycles. The maximum Gasteiger partial charge on any atom is 0.133 e. The topological polar surface area (TPSA) is 29.9 Å². The Kier molecular flexibility index (Phi) is 3.69. The summed E-state index contributed by atoms with van der Waals surface area (Å²) in [6, 6.07) is 10.8. The van der Waals surface area contributed by atoms with Crippen LogP contribution >= 0.6 is 11.3 Å². The van der Waals surface area contributed by atoms with Gasteiger partial charge in [-0.2, -0.15) is 5.10 Å². The zero-order valence-electron chi connectivity index (χ0n) is 13.6. The third-order valence-electron chi connectivity index (χ3n) is 4.62. The maximum atomic E-state index is 4.98. The summed E-state index contributed by atoms with van der Waals surface area (Å²) in [6.45, 7) is 5.33. The van der Waals surface area contributed by atoms with Gasteiger partial charge in [-0.25, -0.2) is 4.68 Å². The summed E-state index contributed by atoms with van der Waals surface area (Å²) in [4.78, 5) is 1.26. The fourth-order valence-corrected chi connectivity index (χ4v) is 3.89. The maximum absolute atomic E-state index is 4.98. The van der Waals surface area contributed by atoms with Crippen LogP contribution in [0.5, 0.6) is 0 Å². The van der Waals surface area contributed by atoms with Crippen LogP contribution in [0, 0.1) is 13.8 Å². The van der Waals surface area contributed by atoms with Gasteiger partial charge in [-0.15, -0.1) is 11.3 Å². The molecule has 1 aliphatic rings. The van der Waals surface area contributed by atoms with Crippen molar-refractivity contribution in [3.8, 4) is 16.3 Å². The van der Waals surface area contributed by atoms with E-state index in [2.05, 4.69) is 59.6 Å². The van der Waals surface area contributed by atoms with Crippen molar-refractivity contribution >= 4 is 17.2 Å². The van der Waals surface area contributed by atoms with Crippen LogP contribution in [0.1, 0.15) is 29.5 Å². The smallest absolute Gasteiger partial charge is 0.133 e. The highest BCUT2D eigenvalue weighted by atomic mass is 32.1. The van der Waals surface area contributed by atoms with Crippen molar-refractivity contribution in [2.45, 2.75) is 33.1 Å². The van der Waals surface area contributed by atoms with E-state index < -0.39 is 0 Å². The molecule has 0 spiro atoms. The molecule has 23 heavy (non-hydrogen) atoms. The number of aryl methyl sites for hydroxylation is 2. The lowest BCUT2D eigenvalue weighted by molar-refractivity contribution is 0.780. The third kappa shape index (κ3) is 2.57. The summed E-state index contributed by atoms with van der Waals surface area (Å²) >= 11 is 1.77. The second-order valence-electron chi connectivity index (χ2n) is 6.22. The van der Waals surface area contributed by atoms with E-state index in [9.17, 15) is 0 Å². The molecule has 0 radical (unpaired) electrons. The SMILES string of the molecule is Cc1ccc(-n2nc(-c3cccs3)c3c2NCCCC3)cc1C. The van der Waals surface area contributed by atoms with Crippen LogP contribution < -0.4 is 5.32 Å².